The third-order valence-corrected chi connectivity index (χ3v) is 3.31. The maximum atomic E-state index is 4.61. The number of rotatable bonds is 5. The average Bonchev–Trinajstić information content (AvgIpc) is 2.81. The van der Waals surface area contributed by atoms with Crippen molar-refractivity contribution in [2.24, 2.45) is 5.92 Å². The molecule has 1 aromatic heterocycles. The minimum atomic E-state index is 0.961. The minimum absolute atomic E-state index is 0.961. The summed E-state index contributed by atoms with van der Waals surface area (Å²) in [6.45, 7) is 1.03. The van der Waals surface area contributed by atoms with Crippen molar-refractivity contribution in [3.63, 3.8) is 0 Å². The second-order valence-electron chi connectivity index (χ2n) is 3.73. The largest absolute Gasteiger partial charge is 0.319 e. The van der Waals surface area contributed by atoms with Crippen molar-refractivity contribution in [2.75, 3.05) is 13.6 Å². The molecule has 0 unspecified atom stereocenters. The summed E-state index contributed by atoms with van der Waals surface area (Å²) in [6, 6.07) is 0. The van der Waals surface area contributed by atoms with Gasteiger partial charge in [-0.1, -0.05) is 0 Å². The van der Waals surface area contributed by atoms with E-state index in [1.165, 1.54) is 30.0 Å². The quantitative estimate of drug-likeness (QED) is 0.777. The molecule has 2 rings (SSSR count). The molecule has 0 bridgehead atoms. The first-order valence-electron chi connectivity index (χ1n) is 4.96. The van der Waals surface area contributed by atoms with Gasteiger partial charge in [-0.3, -0.25) is 0 Å². The molecule has 0 saturated heterocycles. The summed E-state index contributed by atoms with van der Waals surface area (Å²) in [4.78, 5) is 4.61. The predicted molar refractivity (Wildman–Crippen MR) is 56.2 cm³/mol. The number of thiazole rings is 1. The number of hydrogen-bond acceptors (Lipinski definition) is 3. The summed E-state index contributed by atoms with van der Waals surface area (Å²) >= 11 is 1.83. The smallest absolute Gasteiger partial charge is 0.0931 e. The van der Waals surface area contributed by atoms with Crippen LogP contribution in [-0.2, 0) is 12.8 Å². The molecule has 0 radical (unpaired) electrons. The van der Waals surface area contributed by atoms with Crippen molar-refractivity contribution in [1.82, 2.24) is 10.3 Å². The van der Waals surface area contributed by atoms with Crippen LogP contribution in [0.4, 0.5) is 0 Å². The van der Waals surface area contributed by atoms with Gasteiger partial charge in [0.05, 0.1) is 10.7 Å². The second kappa shape index (κ2) is 4.20. The molecule has 1 aliphatic carbocycles. The second-order valence-corrected chi connectivity index (χ2v) is 4.68. The molecule has 2 nitrogen and oxygen atoms in total. The molecule has 13 heavy (non-hydrogen) atoms. The minimum Gasteiger partial charge on any atom is -0.319 e. The maximum absolute atomic E-state index is 4.61. The Kier molecular flexibility index (Phi) is 2.96. The van der Waals surface area contributed by atoms with Crippen LogP contribution in [0, 0.1) is 5.92 Å². The highest BCUT2D eigenvalue weighted by Crippen LogP contribution is 2.33. The van der Waals surface area contributed by atoms with Crippen LogP contribution in [0.1, 0.15) is 23.5 Å². The Hall–Kier alpha value is -0.410. The molecule has 1 N–H and O–H groups in total. The summed E-state index contributed by atoms with van der Waals surface area (Å²) in [7, 11) is 1.98. The third kappa shape index (κ3) is 2.78. The van der Waals surface area contributed by atoms with E-state index < -0.39 is 0 Å². The fourth-order valence-corrected chi connectivity index (χ4v) is 2.32. The van der Waals surface area contributed by atoms with Crippen LogP contribution >= 0.6 is 11.3 Å². The van der Waals surface area contributed by atoms with Gasteiger partial charge in [0.2, 0.25) is 0 Å². The molecule has 1 heterocycles. The molecule has 1 fully saturated rings. The summed E-state index contributed by atoms with van der Waals surface area (Å²) in [6.07, 6.45) is 5.14. The lowest BCUT2D eigenvalue weighted by molar-refractivity contribution is 0.768. The summed E-state index contributed by atoms with van der Waals surface area (Å²) in [5.41, 5.74) is 1.26. The van der Waals surface area contributed by atoms with Crippen molar-refractivity contribution >= 4 is 11.3 Å². The van der Waals surface area contributed by atoms with Crippen molar-refractivity contribution < 1.29 is 0 Å². The van der Waals surface area contributed by atoms with Crippen LogP contribution < -0.4 is 5.32 Å². The van der Waals surface area contributed by atoms with Gasteiger partial charge in [0.15, 0.2) is 0 Å². The molecule has 3 heteroatoms. The topological polar surface area (TPSA) is 24.9 Å². The molecule has 72 valence electrons. The fraction of sp³-hybridized carbons (Fsp3) is 0.700. The van der Waals surface area contributed by atoms with Gasteiger partial charge in [-0.05, 0) is 25.8 Å². The van der Waals surface area contributed by atoms with E-state index >= 15 is 0 Å². The molecule has 0 spiro atoms. The first kappa shape index (κ1) is 9.16. The van der Waals surface area contributed by atoms with Crippen LogP contribution in [0.5, 0.6) is 0 Å². The summed E-state index contributed by atoms with van der Waals surface area (Å²) in [5.74, 6) is 0.961. The molecular formula is C10H16N2S. The predicted octanol–water partition coefficient (Wildman–Crippen LogP) is 1.86. The van der Waals surface area contributed by atoms with Gasteiger partial charge in [-0.2, -0.15) is 0 Å². The van der Waals surface area contributed by atoms with Gasteiger partial charge in [0.25, 0.3) is 0 Å². The molecule has 1 aromatic rings. The van der Waals surface area contributed by atoms with Crippen LogP contribution in [-0.4, -0.2) is 18.6 Å². The van der Waals surface area contributed by atoms with Gasteiger partial charge >= 0.3 is 0 Å². The van der Waals surface area contributed by atoms with Gasteiger partial charge < -0.3 is 5.32 Å². The number of aromatic nitrogens is 1. The zero-order valence-corrected chi connectivity index (χ0v) is 8.86. The lowest BCUT2D eigenvalue weighted by Gasteiger charge is -1.94. The zero-order valence-electron chi connectivity index (χ0n) is 8.05. The first-order valence-corrected chi connectivity index (χ1v) is 5.84. The number of nitrogens with zero attached hydrogens (tertiary/aromatic N) is 1. The zero-order chi connectivity index (χ0) is 9.10. The lowest BCUT2D eigenvalue weighted by atomic mass is 10.3. The number of likely N-dealkylation sites (N-methyl/N-ethyl adjacent to an activating group) is 1. The lowest BCUT2D eigenvalue weighted by Crippen LogP contribution is -2.10. The Labute approximate surface area is 83.4 Å². The van der Waals surface area contributed by atoms with E-state index in [1.54, 1.807) is 0 Å². The van der Waals surface area contributed by atoms with Gasteiger partial charge in [0.1, 0.15) is 0 Å². The van der Waals surface area contributed by atoms with E-state index in [4.69, 9.17) is 0 Å². The highest BCUT2D eigenvalue weighted by Gasteiger charge is 2.22. The normalized spacial score (nSPS) is 16.4. The van der Waals surface area contributed by atoms with Gasteiger partial charge in [-0.15, -0.1) is 11.3 Å². The van der Waals surface area contributed by atoms with E-state index in [9.17, 15) is 0 Å². The molecule has 1 aliphatic rings. The Morgan fingerprint density at radius 2 is 2.46 bits per heavy atom. The Balaban J connectivity index is 1.84. The molecule has 1 saturated carbocycles. The molecule has 0 atom stereocenters. The highest BCUT2D eigenvalue weighted by atomic mass is 32.1. The molecule has 0 amide bonds. The average molecular weight is 196 g/mol. The monoisotopic (exact) mass is 196 g/mol. The number of hydrogen-bond donors (Lipinski definition) is 1. The van der Waals surface area contributed by atoms with Crippen molar-refractivity contribution in [3.05, 3.63) is 16.1 Å². The van der Waals surface area contributed by atoms with Crippen LogP contribution in [0.25, 0.3) is 0 Å². The Morgan fingerprint density at radius 3 is 3.15 bits per heavy atom. The Morgan fingerprint density at radius 1 is 1.62 bits per heavy atom. The summed E-state index contributed by atoms with van der Waals surface area (Å²) < 4.78 is 0. The van der Waals surface area contributed by atoms with Crippen LogP contribution in [0.3, 0.4) is 0 Å². The van der Waals surface area contributed by atoms with E-state index in [1.807, 2.05) is 18.4 Å². The number of nitrogens with one attached hydrogen (secondary N) is 1. The maximum Gasteiger partial charge on any atom is 0.0931 e. The third-order valence-electron chi connectivity index (χ3n) is 2.39. The fourth-order valence-electron chi connectivity index (χ4n) is 1.38. The standard InChI is InChI=1S/C10H16N2S/c1-11-5-4-9-7-13-10(12-9)6-8-2-3-8/h7-8,11H,2-6H2,1H3. The van der Waals surface area contributed by atoms with Crippen molar-refractivity contribution in [2.45, 2.75) is 25.7 Å². The highest BCUT2D eigenvalue weighted by molar-refractivity contribution is 7.09. The first-order chi connectivity index (χ1) is 6.38. The SMILES string of the molecule is CNCCc1csc(CC2CC2)n1. The molecule has 0 aliphatic heterocycles. The van der Waals surface area contributed by atoms with Crippen molar-refractivity contribution in [3.8, 4) is 0 Å². The molecular weight excluding hydrogens is 180 g/mol. The van der Waals surface area contributed by atoms with E-state index in [0.717, 1.165) is 18.9 Å². The van der Waals surface area contributed by atoms with Crippen LogP contribution in [0.2, 0.25) is 0 Å². The van der Waals surface area contributed by atoms with Gasteiger partial charge in [0, 0.05) is 24.8 Å². The van der Waals surface area contributed by atoms with E-state index in [0.29, 0.717) is 0 Å². The van der Waals surface area contributed by atoms with Crippen LogP contribution in [0.15, 0.2) is 5.38 Å². The Bertz CT molecular complexity index is 266. The van der Waals surface area contributed by atoms with E-state index in [-0.39, 0.29) is 0 Å². The van der Waals surface area contributed by atoms with Crippen molar-refractivity contribution in [1.29, 1.82) is 0 Å². The molecule has 0 aromatic carbocycles. The van der Waals surface area contributed by atoms with E-state index in [2.05, 4.69) is 15.7 Å². The van der Waals surface area contributed by atoms with Gasteiger partial charge in [-0.25, -0.2) is 4.98 Å². The summed E-state index contributed by atoms with van der Waals surface area (Å²) in [5, 5.41) is 6.69.